The van der Waals surface area contributed by atoms with Crippen LogP contribution in [-0.4, -0.2) is 14.6 Å². The maximum absolute atomic E-state index is 5.69. The molecule has 3 nitrogen and oxygen atoms in total. The summed E-state index contributed by atoms with van der Waals surface area (Å²) < 4.78 is 1.56. The van der Waals surface area contributed by atoms with Crippen LogP contribution in [0.4, 0.5) is 0 Å². The fourth-order valence-electron chi connectivity index (χ4n) is 0.810. The molecule has 5 heteroatoms. The lowest BCUT2D eigenvalue weighted by Gasteiger charge is -1.94. The minimum Gasteiger partial charge on any atom is -0.221 e. The third kappa shape index (κ3) is 1.06. The third-order valence-corrected chi connectivity index (χ3v) is 1.96. The van der Waals surface area contributed by atoms with Gasteiger partial charge in [-0.1, -0.05) is 23.2 Å². The summed E-state index contributed by atoms with van der Waals surface area (Å²) in [5.74, 6) is 0. The van der Waals surface area contributed by atoms with Gasteiger partial charge in [0.25, 0.3) is 0 Å². The molecule has 0 saturated heterocycles. The Morgan fingerprint density at radius 3 is 3.00 bits per heavy atom. The molecule has 0 radical (unpaired) electrons. The Kier molecular flexibility index (Phi) is 1.47. The fourth-order valence-corrected chi connectivity index (χ4v) is 1.08. The average molecular weight is 188 g/mol. The zero-order valence-electron chi connectivity index (χ0n) is 5.33. The normalized spacial score (nSPS) is 10.7. The second kappa shape index (κ2) is 2.36. The molecule has 0 amide bonds. The molecule has 0 saturated carbocycles. The van der Waals surface area contributed by atoms with Crippen molar-refractivity contribution in [1.82, 2.24) is 14.6 Å². The van der Waals surface area contributed by atoms with Gasteiger partial charge in [0.1, 0.15) is 0 Å². The summed E-state index contributed by atoms with van der Waals surface area (Å²) in [6.45, 7) is 0. The summed E-state index contributed by atoms with van der Waals surface area (Å²) in [7, 11) is 0. The van der Waals surface area contributed by atoms with Crippen LogP contribution in [0.15, 0.2) is 18.5 Å². The number of nitrogens with zero attached hydrogens (tertiary/aromatic N) is 3. The summed E-state index contributed by atoms with van der Waals surface area (Å²) in [5, 5.41) is 4.64. The van der Waals surface area contributed by atoms with E-state index < -0.39 is 0 Å². The maximum Gasteiger partial charge on any atom is 0.156 e. The molecule has 0 spiro atoms. The second-order valence-electron chi connectivity index (χ2n) is 2.01. The molecule has 2 rings (SSSR count). The van der Waals surface area contributed by atoms with E-state index >= 15 is 0 Å². The molecular weight excluding hydrogens is 185 g/mol. The molecule has 0 aliphatic carbocycles. The van der Waals surface area contributed by atoms with Crippen molar-refractivity contribution in [1.29, 1.82) is 0 Å². The van der Waals surface area contributed by atoms with E-state index in [1.54, 1.807) is 23.0 Å². The van der Waals surface area contributed by atoms with Gasteiger partial charge < -0.3 is 0 Å². The minimum atomic E-state index is 0.305. The maximum atomic E-state index is 5.69. The SMILES string of the molecule is Clc1cn2nccc2nc1Cl. The van der Waals surface area contributed by atoms with E-state index in [-0.39, 0.29) is 0 Å². The predicted octanol–water partition coefficient (Wildman–Crippen LogP) is 2.04. The molecule has 2 aromatic rings. The topological polar surface area (TPSA) is 30.2 Å². The Morgan fingerprint density at radius 2 is 2.18 bits per heavy atom. The van der Waals surface area contributed by atoms with Crippen molar-refractivity contribution in [3.8, 4) is 0 Å². The number of hydrogen-bond donors (Lipinski definition) is 0. The van der Waals surface area contributed by atoms with Gasteiger partial charge in [-0.05, 0) is 0 Å². The summed E-state index contributed by atoms with van der Waals surface area (Å²) in [6.07, 6.45) is 3.25. The van der Waals surface area contributed by atoms with Crippen molar-refractivity contribution in [2.24, 2.45) is 0 Å². The molecular formula is C6H3Cl2N3. The van der Waals surface area contributed by atoms with Crippen LogP contribution in [0.3, 0.4) is 0 Å². The molecule has 2 aromatic heterocycles. The van der Waals surface area contributed by atoms with Gasteiger partial charge in [0, 0.05) is 6.07 Å². The van der Waals surface area contributed by atoms with Gasteiger partial charge in [-0.3, -0.25) is 0 Å². The van der Waals surface area contributed by atoms with Crippen molar-refractivity contribution in [2.75, 3.05) is 0 Å². The number of halogens is 2. The lowest BCUT2D eigenvalue weighted by atomic mass is 10.6. The highest BCUT2D eigenvalue weighted by Gasteiger charge is 2.01. The van der Waals surface area contributed by atoms with Crippen LogP contribution in [0.1, 0.15) is 0 Å². The van der Waals surface area contributed by atoms with Gasteiger partial charge >= 0.3 is 0 Å². The third-order valence-electron chi connectivity index (χ3n) is 1.29. The Hall–Kier alpha value is -0.800. The number of rotatable bonds is 0. The molecule has 0 aromatic carbocycles. The van der Waals surface area contributed by atoms with Crippen molar-refractivity contribution in [2.45, 2.75) is 0 Å². The van der Waals surface area contributed by atoms with Crippen LogP contribution in [0.25, 0.3) is 5.65 Å². The molecule has 11 heavy (non-hydrogen) atoms. The Bertz CT molecular complexity index is 360. The smallest absolute Gasteiger partial charge is 0.156 e. The highest BCUT2D eigenvalue weighted by Crippen LogP contribution is 2.18. The van der Waals surface area contributed by atoms with Crippen molar-refractivity contribution in [3.63, 3.8) is 0 Å². The highest BCUT2D eigenvalue weighted by molar-refractivity contribution is 6.41. The van der Waals surface area contributed by atoms with Crippen molar-refractivity contribution in [3.05, 3.63) is 28.6 Å². The van der Waals surface area contributed by atoms with Gasteiger partial charge in [0.15, 0.2) is 10.8 Å². The quantitative estimate of drug-likeness (QED) is 0.592. The van der Waals surface area contributed by atoms with Gasteiger partial charge in [-0.15, -0.1) is 0 Å². The molecule has 0 atom stereocenters. The van der Waals surface area contributed by atoms with Crippen LogP contribution in [0, 0.1) is 0 Å². The van der Waals surface area contributed by atoms with E-state index in [9.17, 15) is 0 Å². The molecule has 0 aliphatic rings. The summed E-state index contributed by atoms with van der Waals surface area (Å²) in [6, 6.07) is 1.75. The van der Waals surface area contributed by atoms with Crippen LogP contribution in [0.5, 0.6) is 0 Å². The minimum absolute atomic E-state index is 0.305. The molecule has 2 heterocycles. The van der Waals surface area contributed by atoms with E-state index in [4.69, 9.17) is 23.2 Å². The zero-order valence-corrected chi connectivity index (χ0v) is 6.84. The molecule has 0 N–H and O–H groups in total. The van der Waals surface area contributed by atoms with Gasteiger partial charge in [-0.25, -0.2) is 9.50 Å². The molecule has 0 bridgehead atoms. The van der Waals surface area contributed by atoms with Crippen molar-refractivity contribution >= 4 is 28.8 Å². The molecule has 56 valence electrons. The second-order valence-corrected chi connectivity index (χ2v) is 2.78. The predicted molar refractivity (Wildman–Crippen MR) is 43.0 cm³/mol. The van der Waals surface area contributed by atoms with Crippen LogP contribution >= 0.6 is 23.2 Å². The zero-order chi connectivity index (χ0) is 7.84. The first-order chi connectivity index (χ1) is 5.27. The van der Waals surface area contributed by atoms with Gasteiger partial charge in [0.05, 0.1) is 17.4 Å². The van der Waals surface area contributed by atoms with E-state index in [0.717, 1.165) is 0 Å². The van der Waals surface area contributed by atoms with E-state index in [2.05, 4.69) is 10.1 Å². The Labute approximate surface area is 72.6 Å². The lowest BCUT2D eigenvalue weighted by molar-refractivity contribution is 0.940. The monoisotopic (exact) mass is 187 g/mol. The highest BCUT2D eigenvalue weighted by atomic mass is 35.5. The first kappa shape index (κ1) is 6.88. The largest absolute Gasteiger partial charge is 0.221 e. The van der Waals surface area contributed by atoms with Gasteiger partial charge in [0.2, 0.25) is 0 Å². The van der Waals surface area contributed by atoms with Crippen molar-refractivity contribution < 1.29 is 0 Å². The molecule has 0 aliphatic heterocycles. The molecule has 0 fully saturated rings. The van der Waals surface area contributed by atoms with E-state index in [1.807, 2.05) is 0 Å². The van der Waals surface area contributed by atoms with Crippen LogP contribution in [-0.2, 0) is 0 Å². The summed E-state index contributed by atoms with van der Waals surface area (Å²) >= 11 is 11.3. The number of hydrogen-bond acceptors (Lipinski definition) is 2. The van der Waals surface area contributed by atoms with Gasteiger partial charge in [-0.2, -0.15) is 5.10 Å². The first-order valence-corrected chi connectivity index (χ1v) is 3.68. The fraction of sp³-hybridized carbons (Fsp3) is 0. The number of aromatic nitrogens is 3. The summed E-state index contributed by atoms with van der Waals surface area (Å²) in [5.41, 5.74) is 0.694. The van der Waals surface area contributed by atoms with E-state index in [1.165, 1.54) is 0 Å². The summed E-state index contributed by atoms with van der Waals surface area (Å²) in [4.78, 5) is 3.97. The standard InChI is InChI=1S/C6H3Cl2N3/c7-4-3-11-5(1-2-9-11)10-6(4)8/h1-3H. The average Bonchev–Trinajstić information content (AvgIpc) is 2.36. The van der Waals surface area contributed by atoms with Crippen LogP contribution in [0.2, 0.25) is 10.2 Å². The first-order valence-electron chi connectivity index (χ1n) is 2.93. The Balaban J connectivity index is 2.86. The molecule has 0 unspecified atom stereocenters. The lowest BCUT2D eigenvalue weighted by Crippen LogP contribution is -1.89. The number of fused-ring (bicyclic) bond motifs is 1. The van der Waals surface area contributed by atoms with E-state index in [0.29, 0.717) is 15.8 Å². The van der Waals surface area contributed by atoms with Crippen LogP contribution < -0.4 is 0 Å². The Morgan fingerprint density at radius 1 is 1.36 bits per heavy atom.